The molecule has 9 heteroatoms. The quantitative estimate of drug-likeness (QED) is 0.898. The molecule has 1 aromatic heterocycles. The predicted molar refractivity (Wildman–Crippen MR) is 78.7 cm³/mol. The fourth-order valence-corrected chi connectivity index (χ4v) is 2.78. The Kier molecular flexibility index (Phi) is 4.50. The number of aromatic nitrogens is 3. The van der Waals surface area contributed by atoms with Gasteiger partial charge in [0.2, 0.25) is 0 Å². The zero-order valence-corrected chi connectivity index (χ0v) is 13.1. The minimum Gasteiger partial charge on any atom is -0.496 e. The molecule has 0 atom stereocenters. The van der Waals surface area contributed by atoms with Crippen molar-refractivity contribution in [2.24, 2.45) is 5.14 Å². The summed E-state index contributed by atoms with van der Waals surface area (Å²) >= 11 is 5.92. The number of sulfonamides is 1. The van der Waals surface area contributed by atoms with Crippen molar-refractivity contribution in [2.45, 2.75) is 25.0 Å². The van der Waals surface area contributed by atoms with Gasteiger partial charge in [0.15, 0.2) is 5.82 Å². The molecule has 1 aromatic carbocycles. The number of halogens is 1. The molecule has 21 heavy (non-hydrogen) atoms. The molecule has 7 nitrogen and oxygen atoms in total. The number of hydrogen-bond acceptors (Lipinski definition) is 5. The lowest BCUT2D eigenvalue weighted by atomic mass is 10.2. The highest BCUT2D eigenvalue weighted by molar-refractivity contribution is 7.89. The van der Waals surface area contributed by atoms with Crippen molar-refractivity contribution in [1.29, 1.82) is 0 Å². The van der Waals surface area contributed by atoms with Crippen molar-refractivity contribution in [3.8, 4) is 17.1 Å². The first-order valence-corrected chi connectivity index (χ1v) is 8.10. The molecule has 0 bridgehead atoms. The van der Waals surface area contributed by atoms with Crippen molar-refractivity contribution in [2.75, 3.05) is 7.11 Å². The maximum atomic E-state index is 11.6. The van der Waals surface area contributed by atoms with Crippen LogP contribution in [0.2, 0.25) is 5.02 Å². The number of hydrogen-bond donors (Lipinski definition) is 1. The zero-order valence-electron chi connectivity index (χ0n) is 11.6. The lowest BCUT2D eigenvalue weighted by Gasteiger charge is -2.11. The minimum absolute atomic E-state index is 0.267. The van der Waals surface area contributed by atoms with E-state index < -0.39 is 10.0 Å². The number of rotatable bonds is 5. The third kappa shape index (κ3) is 3.17. The van der Waals surface area contributed by atoms with E-state index in [1.165, 1.54) is 11.7 Å². The third-order valence-corrected chi connectivity index (χ3v) is 3.87. The average Bonchev–Trinajstić information content (AvgIpc) is 2.82. The maximum absolute atomic E-state index is 11.6. The van der Waals surface area contributed by atoms with Crippen molar-refractivity contribution >= 4 is 21.6 Å². The van der Waals surface area contributed by atoms with Crippen LogP contribution in [0.1, 0.15) is 13.3 Å². The van der Waals surface area contributed by atoms with Gasteiger partial charge in [0.1, 0.15) is 5.75 Å². The summed E-state index contributed by atoms with van der Waals surface area (Å²) in [6, 6.07) is 4.99. The Labute approximate surface area is 127 Å². The summed E-state index contributed by atoms with van der Waals surface area (Å²) in [5, 5.41) is 13.0. The molecule has 0 spiro atoms. The van der Waals surface area contributed by atoms with E-state index in [0.29, 0.717) is 35.1 Å². The largest absolute Gasteiger partial charge is 0.496 e. The van der Waals surface area contributed by atoms with Crippen LogP contribution in [0.4, 0.5) is 0 Å². The average molecular weight is 331 g/mol. The molecule has 0 amide bonds. The van der Waals surface area contributed by atoms with Crippen LogP contribution in [-0.2, 0) is 16.6 Å². The number of primary sulfonamides is 1. The summed E-state index contributed by atoms with van der Waals surface area (Å²) in [6.45, 7) is 2.33. The monoisotopic (exact) mass is 330 g/mol. The first-order chi connectivity index (χ1) is 9.88. The third-order valence-electron chi connectivity index (χ3n) is 2.82. The van der Waals surface area contributed by atoms with Crippen LogP contribution in [0.15, 0.2) is 23.4 Å². The van der Waals surface area contributed by atoms with E-state index in [4.69, 9.17) is 21.5 Å². The first-order valence-electron chi connectivity index (χ1n) is 6.18. The molecule has 0 saturated carbocycles. The van der Waals surface area contributed by atoms with Gasteiger partial charge < -0.3 is 4.74 Å². The maximum Gasteiger partial charge on any atom is 0.273 e. The summed E-state index contributed by atoms with van der Waals surface area (Å²) < 4.78 is 29.9. The number of nitrogens with zero attached hydrogens (tertiary/aromatic N) is 3. The number of ether oxygens (including phenoxy) is 1. The summed E-state index contributed by atoms with van der Waals surface area (Å²) in [7, 11) is -2.45. The van der Waals surface area contributed by atoms with E-state index >= 15 is 0 Å². The molecular formula is C12H15ClN4O3S. The molecule has 0 unspecified atom stereocenters. The highest BCUT2D eigenvalue weighted by atomic mass is 35.5. The molecule has 0 fully saturated rings. The zero-order chi connectivity index (χ0) is 15.6. The second-order valence-electron chi connectivity index (χ2n) is 4.35. The Morgan fingerprint density at radius 1 is 1.38 bits per heavy atom. The van der Waals surface area contributed by atoms with Crippen LogP contribution in [0.5, 0.6) is 5.75 Å². The van der Waals surface area contributed by atoms with Crippen LogP contribution < -0.4 is 9.88 Å². The van der Waals surface area contributed by atoms with Gasteiger partial charge in [-0.05, 0) is 24.6 Å². The van der Waals surface area contributed by atoms with Crippen molar-refractivity contribution in [1.82, 2.24) is 14.8 Å². The Balaban J connectivity index is 2.67. The Hall–Kier alpha value is -1.64. The van der Waals surface area contributed by atoms with Gasteiger partial charge in [0.25, 0.3) is 15.2 Å². The van der Waals surface area contributed by atoms with Gasteiger partial charge in [-0.2, -0.15) is 0 Å². The van der Waals surface area contributed by atoms with Gasteiger partial charge in [0.05, 0.1) is 12.7 Å². The fraction of sp³-hybridized carbons (Fsp3) is 0.333. The van der Waals surface area contributed by atoms with Crippen molar-refractivity contribution in [3.63, 3.8) is 0 Å². The molecule has 0 aliphatic rings. The molecule has 0 radical (unpaired) electrons. The van der Waals surface area contributed by atoms with Crippen molar-refractivity contribution in [3.05, 3.63) is 23.2 Å². The smallest absolute Gasteiger partial charge is 0.273 e. The van der Waals surface area contributed by atoms with E-state index in [-0.39, 0.29) is 5.16 Å². The molecule has 114 valence electrons. The molecule has 2 aromatic rings. The molecule has 0 saturated heterocycles. The second-order valence-corrected chi connectivity index (χ2v) is 6.24. The lowest BCUT2D eigenvalue weighted by Crippen LogP contribution is -2.19. The highest BCUT2D eigenvalue weighted by Gasteiger charge is 2.23. The topological polar surface area (TPSA) is 100 Å². The van der Waals surface area contributed by atoms with Crippen LogP contribution >= 0.6 is 11.6 Å². The van der Waals surface area contributed by atoms with Crippen LogP contribution in [0.3, 0.4) is 0 Å². The second kappa shape index (κ2) is 6.00. The Morgan fingerprint density at radius 2 is 2.10 bits per heavy atom. The van der Waals surface area contributed by atoms with Gasteiger partial charge in [-0.3, -0.25) is 4.57 Å². The van der Waals surface area contributed by atoms with Crippen LogP contribution in [0.25, 0.3) is 11.4 Å². The standard InChI is InChI=1S/C12H15ClN4O3S/c1-3-6-17-11(15-16-12(17)21(14,18)19)9-5-4-8(13)7-10(9)20-2/h4-5,7H,3,6H2,1-2H3,(H2,14,18,19). The Morgan fingerprint density at radius 3 is 2.67 bits per heavy atom. The van der Waals surface area contributed by atoms with E-state index in [9.17, 15) is 8.42 Å². The molecular weight excluding hydrogens is 316 g/mol. The first kappa shape index (κ1) is 15.7. The van der Waals surface area contributed by atoms with Crippen LogP contribution in [0, 0.1) is 0 Å². The van der Waals surface area contributed by atoms with Gasteiger partial charge in [-0.15, -0.1) is 10.2 Å². The van der Waals surface area contributed by atoms with E-state index in [1.807, 2.05) is 6.92 Å². The summed E-state index contributed by atoms with van der Waals surface area (Å²) in [5.74, 6) is 0.850. The van der Waals surface area contributed by atoms with Crippen LogP contribution in [-0.4, -0.2) is 30.3 Å². The van der Waals surface area contributed by atoms with E-state index in [0.717, 1.165) is 0 Å². The lowest BCUT2D eigenvalue weighted by molar-refractivity contribution is 0.415. The summed E-state index contributed by atoms with van der Waals surface area (Å²) in [4.78, 5) is 0. The molecule has 2 N–H and O–H groups in total. The predicted octanol–water partition coefficient (Wildman–Crippen LogP) is 1.66. The summed E-state index contributed by atoms with van der Waals surface area (Å²) in [5.41, 5.74) is 0.595. The van der Waals surface area contributed by atoms with Gasteiger partial charge in [0, 0.05) is 11.6 Å². The fourth-order valence-electron chi connectivity index (χ4n) is 1.97. The molecule has 2 rings (SSSR count). The minimum atomic E-state index is -3.95. The van der Waals surface area contributed by atoms with Gasteiger partial charge >= 0.3 is 0 Å². The number of benzene rings is 1. The van der Waals surface area contributed by atoms with Gasteiger partial charge in [-0.1, -0.05) is 18.5 Å². The van der Waals surface area contributed by atoms with E-state index in [1.54, 1.807) is 18.2 Å². The number of nitrogens with two attached hydrogens (primary N) is 1. The summed E-state index contributed by atoms with van der Waals surface area (Å²) in [6.07, 6.45) is 0.698. The highest BCUT2D eigenvalue weighted by Crippen LogP contribution is 2.32. The molecule has 0 aliphatic heterocycles. The Bertz CT molecular complexity index is 758. The normalized spacial score (nSPS) is 11.6. The van der Waals surface area contributed by atoms with Gasteiger partial charge in [-0.25, -0.2) is 13.6 Å². The van der Waals surface area contributed by atoms with Crippen molar-refractivity contribution < 1.29 is 13.2 Å². The molecule has 0 aliphatic carbocycles. The van der Waals surface area contributed by atoms with E-state index in [2.05, 4.69) is 10.2 Å². The number of methoxy groups -OCH3 is 1. The SMILES string of the molecule is CCCn1c(-c2ccc(Cl)cc2OC)nnc1S(N)(=O)=O. The molecule has 1 heterocycles.